The summed E-state index contributed by atoms with van der Waals surface area (Å²) in [7, 11) is 3.48. The average Bonchev–Trinajstić information content (AvgIpc) is 3.25. The lowest BCUT2D eigenvalue weighted by Gasteiger charge is -2.46. The van der Waals surface area contributed by atoms with Crippen molar-refractivity contribution in [3.8, 4) is 0 Å². The molecule has 0 aromatic carbocycles. The standard InChI is InChI=1S/C23H30N4O5S/c1-12-18-17(13(2)28)22(30)27(18)19(23(31)32)20(12)33-15-8-16(21(29)25(3)4)26(11-15)10-14-6-5-7-24-9-14/h5-7,9,12-13,15-18,28H,8,10-11H2,1-4H3,(H,31,32)/t12-,13-,15+,16+,17-,18-/m1/s1. The lowest BCUT2D eigenvalue weighted by molar-refractivity contribution is -0.163. The van der Waals surface area contributed by atoms with E-state index in [0.717, 1.165) is 5.56 Å². The summed E-state index contributed by atoms with van der Waals surface area (Å²) < 4.78 is 0. The molecule has 178 valence electrons. The van der Waals surface area contributed by atoms with Crippen LogP contribution in [-0.4, -0.2) is 91.8 Å². The number of likely N-dealkylation sites (tertiary alicyclic amines) is 1. The first-order chi connectivity index (χ1) is 15.6. The maximum atomic E-state index is 12.9. The van der Waals surface area contributed by atoms with E-state index in [4.69, 9.17) is 0 Å². The van der Waals surface area contributed by atoms with Crippen molar-refractivity contribution < 1.29 is 24.6 Å². The number of carbonyl (C=O) groups is 3. The molecule has 33 heavy (non-hydrogen) atoms. The zero-order valence-corrected chi connectivity index (χ0v) is 20.0. The van der Waals surface area contributed by atoms with Crippen LogP contribution in [0.25, 0.3) is 0 Å². The number of hydrogen-bond donors (Lipinski definition) is 2. The van der Waals surface area contributed by atoms with Gasteiger partial charge in [-0.2, -0.15) is 0 Å². The molecule has 0 spiro atoms. The Hall–Kier alpha value is -2.43. The quantitative estimate of drug-likeness (QED) is 0.563. The van der Waals surface area contributed by atoms with Crippen LogP contribution in [0.15, 0.2) is 35.1 Å². The number of likely N-dealkylation sites (N-methyl/N-ethyl adjacent to an activating group) is 1. The number of nitrogens with zero attached hydrogens (tertiary/aromatic N) is 4. The molecule has 10 heteroatoms. The van der Waals surface area contributed by atoms with Gasteiger partial charge in [-0.15, -0.1) is 11.8 Å². The average molecular weight is 475 g/mol. The maximum Gasteiger partial charge on any atom is 0.353 e. The Morgan fingerprint density at radius 3 is 2.67 bits per heavy atom. The van der Waals surface area contributed by atoms with Crippen molar-refractivity contribution in [2.24, 2.45) is 11.8 Å². The highest BCUT2D eigenvalue weighted by Crippen LogP contribution is 2.52. The molecule has 0 unspecified atom stereocenters. The fourth-order valence-electron chi connectivity index (χ4n) is 5.26. The van der Waals surface area contributed by atoms with Gasteiger partial charge in [-0.05, 0) is 25.0 Å². The van der Waals surface area contributed by atoms with E-state index in [1.807, 2.05) is 19.1 Å². The topological polar surface area (TPSA) is 114 Å². The maximum absolute atomic E-state index is 12.9. The van der Waals surface area contributed by atoms with Crippen molar-refractivity contribution in [2.45, 2.75) is 50.3 Å². The lowest BCUT2D eigenvalue weighted by Crippen LogP contribution is -2.63. The number of aromatic nitrogens is 1. The molecule has 0 bridgehead atoms. The molecule has 9 nitrogen and oxygen atoms in total. The minimum Gasteiger partial charge on any atom is -0.477 e. The molecule has 1 aromatic rings. The predicted octanol–water partition coefficient (Wildman–Crippen LogP) is 1.000. The van der Waals surface area contributed by atoms with E-state index in [0.29, 0.717) is 24.4 Å². The molecule has 6 atom stereocenters. The molecule has 0 aliphatic carbocycles. The molecule has 4 rings (SSSR count). The van der Waals surface area contributed by atoms with E-state index in [-0.39, 0.29) is 40.8 Å². The van der Waals surface area contributed by atoms with Crippen LogP contribution in [-0.2, 0) is 20.9 Å². The number of carbonyl (C=O) groups excluding carboxylic acids is 2. The highest BCUT2D eigenvalue weighted by Gasteiger charge is 2.60. The number of carboxylic acid groups (broad SMARTS) is 1. The van der Waals surface area contributed by atoms with Crippen molar-refractivity contribution in [3.63, 3.8) is 0 Å². The molecular weight excluding hydrogens is 444 g/mol. The third-order valence-corrected chi connectivity index (χ3v) is 8.30. The Balaban J connectivity index is 1.57. The van der Waals surface area contributed by atoms with E-state index >= 15 is 0 Å². The van der Waals surface area contributed by atoms with Gasteiger partial charge in [-0.1, -0.05) is 13.0 Å². The Labute approximate surface area is 197 Å². The number of pyridine rings is 1. The van der Waals surface area contributed by atoms with E-state index < -0.39 is 18.0 Å². The summed E-state index contributed by atoms with van der Waals surface area (Å²) in [5, 5.41) is 19.9. The second-order valence-corrected chi connectivity index (χ2v) is 10.6. The molecular formula is C23H30N4O5S. The second kappa shape index (κ2) is 9.08. The van der Waals surface area contributed by atoms with Crippen molar-refractivity contribution in [1.82, 2.24) is 19.7 Å². The number of fused-ring (bicyclic) bond motifs is 1. The number of amides is 2. The van der Waals surface area contributed by atoms with Gasteiger partial charge < -0.3 is 20.0 Å². The molecule has 0 radical (unpaired) electrons. The first-order valence-electron chi connectivity index (χ1n) is 11.1. The first-order valence-corrected chi connectivity index (χ1v) is 12.0. The SMILES string of the molecule is C[C@@H](O)[C@H]1C(=O)N2C(C(=O)O)=C(S[C@H]3C[C@@H](C(=O)N(C)C)N(Cc4cccnc4)C3)[C@H](C)[C@H]12. The van der Waals surface area contributed by atoms with Crippen molar-refractivity contribution in [3.05, 3.63) is 40.7 Å². The van der Waals surface area contributed by atoms with Crippen molar-refractivity contribution >= 4 is 29.5 Å². The van der Waals surface area contributed by atoms with Gasteiger partial charge in [-0.3, -0.25) is 19.5 Å². The smallest absolute Gasteiger partial charge is 0.353 e. The van der Waals surface area contributed by atoms with Crippen LogP contribution < -0.4 is 0 Å². The molecule has 1 aromatic heterocycles. The molecule has 3 aliphatic heterocycles. The fraction of sp³-hybridized carbons (Fsp3) is 0.565. The summed E-state index contributed by atoms with van der Waals surface area (Å²) in [6.07, 6.45) is 3.25. The summed E-state index contributed by atoms with van der Waals surface area (Å²) in [5.74, 6) is -2.22. The Morgan fingerprint density at radius 1 is 1.36 bits per heavy atom. The van der Waals surface area contributed by atoms with Gasteiger partial charge >= 0.3 is 5.97 Å². The molecule has 2 saturated heterocycles. The zero-order valence-electron chi connectivity index (χ0n) is 19.2. The van der Waals surface area contributed by atoms with Crippen LogP contribution in [0.1, 0.15) is 25.8 Å². The summed E-state index contributed by atoms with van der Waals surface area (Å²) in [5.41, 5.74) is 1.04. The van der Waals surface area contributed by atoms with Crippen LogP contribution in [0.4, 0.5) is 0 Å². The molecule has 2 amide bonds. The Kier molecular flexibility index (Phi) is 6.52. The van der Waals surface area contributed by atoms with E-state index in [2.05, 4.69) is 9.88 Å². The number of hydrogen-bond acceptors (Lipinski definition) is 7. The fourth-order valence-corrected chi connectivity index (χ4v) is 6.82. The van der Waals surface area contributed by atoms with E-state index in [9.17, 15) is 24.6 Å². The molecule has 2 fully saturated rings. The number of aliphatic carboxylic acids is 1. The highest BCUT2D eigenvalue weighted by molar-refractivity contribution is 8.03. The van der Waals surface area contributed by atoms with Gasteiger partial charge in [-0.25, -0.2) is 4.79 Å². The van der Waals surface area contributed by atoms with Gasteiger partial charge in [0.1, 0.15) is 5.70 Å². The van der Waals surface area contributed by atoms with E-state index in [1.165, 1.54) is 16.7 Å². The van der Waals surface area contributed by atoms with Gasteiger partial charge in [0, 0.05) is 55.7 Å². The largest absolute Gasteiger partial charge is 0.477 e. The first kappa shape index (κ1) is 23.7. The minimum atomic E-state index is -1.13. The van der Waals surface area contributed by atoms with Gasteiger partial charge in [0.05, 0.1) is 24.1 Å². The number of aliphatic hydroxyl groups excluding tert-OH is 1. The summed E-state index contributed by atoms with van der Waals surface area (Å²) in [6, 6.07) is 3.19. The van der Waals surface area contributed by atoms with Crippen LogP contribution in [0.2, 0.25) is 0 Å². The van der Waals surface area contributed by atoms with Crippen LogP contribution in [0, 0.1) is 11.8 Å². The second-order valence-electron chi connectivity index (χ2n) is 9.29. The van der Waals surface area contributed by atoms with Gasteiger partial charge in [0.15, 0.2) is 0 Å². The third-order valence-electron chi connectivity index (χ3n) is 6.80. The van der Waals surface area contributed by atoms with Gasteiger partial charge in [0.2, 0.25) is 11.8 Å². The molecule has 3 aliphatic rings. The Bertz CT molecular complexity index is 982. The van der Waals surface area contributed by atoms with Crippen LogP contribution >= 0.6 is 11.8 Å². The summed E-state index contributed by atoms with van der Waals surface area (Å²) >= 11 is 1.47. The molecule has 0 saturated carbocycles. The highest BCUT2D eigenvalue weighted by atomic mass is 32.2. The van der Waals surface area contributed by atoms with Crippen LogP contribution in [0.3, 0.4) is 0 Å². The number of β-lactam (4-membered cyclic amide) rings is 1. The monoisotopic (exact) mass is 474 g/mol. The molecule has 4 heterocycles. The zero-order chi connectivity index (χ0) is 24.0. The van der Waals surface area contributed by atoms with Gasteiger partial charge in [0.25, 0.3) is 0 Å². The number of thioether (sulfide) groups is 1. The minimum absolute atomic E-state index is 0.00109. The van der Waals surface area contributed by atoms with Crippen molar-refractivity contribution in [1.29, 1.82) is 0 Å². The summed E-state index contributed by atoms with van der Waals surface area (Å²) in [6.45, 7) is 4.68. The third kappa shape index (κ3) is 4.15. The predicted molar refractivity (Wildman–Crippen MR) is 123 cm³/mol. The number of rotatable bonds is 7. The number of carboxylic acids is 1. The van der Waals surface area contributed by atoms with Crippen molar-refractivity contribution in [2.75, 3.05) is 20.6 Å². The summed E-state index contributed by atoms with van der Waals surface area (Å²) in [4.78, 5) is 47.5. The van der Waals surface area contributed by atoms with E-state index in [1.54, 1.807) is 38.3 Å². The lowest BCUT2D eigenvalue weighted by atomic mass is 9.79. The normalized spacial score (nSPS) is 30.3. The molecule has 2 N–H and O–H groups in total. The Morgan fingerprint density at radius 2 is 2.09 bits per heavy atom. The number of aliphatic hydroxyl groups is 1. The van der Waals surface area contributed by atoms with Crippen LogP contribution in [0.5, 0.6) is 0 Å².